The number of rotatable bonds is 6. The SMILES string of the molecule is O=C1NC(=O)N(c2ccc(C(=O)O)cc2)C(=O)/C1=C/c1ccc(OCc2cccc(F)c2)cc1. The van der Waals surface area contributed by atoms with Crippen molar-refractivity contribution in [3.8, 4) is 5.75 Å². The van der Waals surface area contributed by atoms with Gasteiger partial charge in [-0.3, -0.25) is 14.9 Å². The molecule has 0 spiro atoms. The monoisotopic (exact) mass is 460 g/mol. The van der Waals surface area contributed by atoms with Gasteiger partial charge in [-0.2, -0.15) is 0 Å². The number of carboxylic acid groups (broad SMARTS) is 1. The van der Waals surface area contributed by atoms with Gasteiger partial charge in [0.2, 0.25) is 0 Å². The molecule has 1 aliphatic heterocycles. The highest BCUT2D eigenvalue weighted by Gasteiger charge is 2.36. The maximum Gasteiger partial charge on any atom is 0.335 e. The predicted octanol–water partition coefficient (Wildman–Crippen LogP) is 3.77. The Kier molecular flexibility index (Phi) is 6.18. The minimum absolute atomic E-state index is 0.0137. The Morgan fingerprint density at radius 3 is 2.35 bits per heavy atom. The van der Waals surface area contributed by atoms with Crippen LogP contribution in [0.15, 0.2) is 78.4 Å². The fraction of sp³-hybridized carbons (Fsp3) is 0.0400. The van der Waals surface area contributed by atoms with Crippen LogP contribution in [0.3, 0.4) is 0 Å². The van der Waals surface area contributed by atoms with E-state index in [-0.39, 0.29) is 29.2 Å². The smallest absolute Gasteiger partial charge is 0.335 e. The first kappa shape index (κ1) is 22.4. The fourth-order valence-corrected chi connectivity index (χ4v) is 3.27. The van der Waals surface area contributed by atoms with Crippen molar-refractivity contribution in [3.63, 3.8) is 0 Å². The molecule has 2 N–H and O–H groups in total. The third-order valence-corrected chi connectivity index (χ3v) is 4.96. The van der Waals surface area contributed by atoms with Gasteiger partial charge in [-0.25, -0.2) is 18.9 Å². The van der Waals surface area contributed by atoms with Gasteiger partial charge in [0.1, 0.15) is 23.7 Å². The van der Waals surface area contributed by atoms with Gasteiger partial charge in [0, 0.05) is 0 Å². The zero-order chi connectivity index (χ0) is 24.2. The number of imide groups is 2. The average molecular weight is 460 g/mol. The van der Waals surface area contributed by atoms with E-state index in [4.69, 9.17) is 9.84 Å². The van der Waals surface area contributed by atoms with E-state index in [0.29, 0.717) is 16.9 Å². The number of ether oxygens (including phenoxy) is 1. The molecule has 0 aliphatic carbocycles. The van der Waals surface area contributed by atoms with E-state index in [1.54, 1.807) is 36.4 Å². The summed E-state index contributed by atoms with van der Waals surface area (Å²) in [5, 5.41) is 11.1. The van der Waals surface area contributed by atoms with Crippen LogP contribution in [0, 0.1) is 5.82 Å². The van der Waals surface area contributed by atoms with Crippen LogP contribution in [0.5, 0.6) is 5.75 Å². The lowest BCUT2D eigenvalue weighted by Crippen LogP contribution is -2.54. The molecule has 34 heavy (non-hydrogen) atoms. The molecule has 3 aromatic carbocycles. The quantitative estimate of drug-likeness (QED) is 0.428. The summed E-state index contributed by atoms with van der Waals surface area (Å²) in [7, 11) is 0. The van der Waals surface area contributed by atoms with Crippen LogP contribution in [0.2, 0.25) is 0 Å². The molecule has 1 aliphatic rings. The number of barbiturate groups is 1. The van der Waals surface area contributed by atoms with Gasteiger partial charge in [0.15, 0.2) is 0 Å². The third kappa shape index (κ3) is 4.83. The highest BCUT2D eigenvalue weighted by atomic mass is 19.1. The molecule has 0 bridgehead atoms. The van der Waals surface area contributed by atoms with E-state index in [1.165, 1.54) is 42.5 Å². The number of benzene rings is 3. The van der Waals surface area contributed by atoms with Crippen molar-refractivity contribution in [1.82, 2.24) is 5.32 Å². The van der Waals surface area contributed by atoms with Gasteiger partial charge in [-0.1, -0.05) is 24.3 Å². The number of carbonyl (C=O) groups is 4. The number of anilines is 1. The van der Waals surface area contributed by atoms with Crippen molar-refractivity contribution in [2.75, 3.05) is 4.90 Å². The fourth-order valence-electron chi connectivity index (χ4n) is 3.27. The maximum atomic E-state index is 13.3. The molecule has 4 rings (SSSR count). The molecular weight excluding hydrogens is 443 g/mol. The molecule has 1 fully saturated rings. The molecular formula is C25H17FN2O6. The van der Waals surface area contributed by atoms with Crippen molar-refractivity contribution >= 4 is 35.6 Å². The van der Waals surface area contributed by atoms with Crippen molar-refractivity contribution in [2.24, 2.45) is 0 Å². The Hall–Kier alpha value is -4.79. The number of hydrogen-bond acceptors (Lipinski definition) is 5. The standard InChI is InChI=1S/C25H17FN2O6/c26-18-3-1-2-16(12-18)14-34-20-10-4-15(5-11-20)13-21-22(29)27-25(33)28(23(21)30)19-8-6-17(7-9-19)24(31)32/h1-13H,14H2,(H,31,32)(H,27,29,33)/b21-13+. The van der Waals surface area contributed by atoms with E-state index in [1.807, 2.05) is 0 Å². The van der Waals surface area contributed by atoms with Crippen LogP contribution < -0.4 is 15.0 Å². The average Bonchev–Trinajstić information content (AvgIpc) is 2.81. The van der Waals surface area contributed by atoms with Gasteiger partial charge in [-0.15, -0.1) is 0 Å². The highest BCUT2D eigenvalue weighted by Crippen LogP contribution is 2.23. The molecule has 1 heterocycles. The number of halogens is 1. The summed E-state index contributed by atoms with van der Waals surface area (Å²) in [5.41, 5.74) is 1.01. The summed E-state index contributed by atoms with van der Waals surface area (Å²) in [6, 6.07) is 16.7. The lowest BCUT2D eigenvalue weighted by Gasteiger charge is -2.26. The minimum atomic E-state index is -1.15. The second-order valence-electron chi connectivity index (χ2n) is 7.30. The lowest BCUT2D eigenvalue weighted by atomic mass is 10.1. The molecule has 0 aromatic heterocycles. The largest absolute Gasteiger partial charge is 0.489 e. The Balaban J connectivity index is 1.51. The molecule has 0 saturated carbocycles. The molecule has 0 unspecified atom stereocenters. The van der Waals surface area contributed by atoms with Gasteiger partial charge >= 0.3 is 12.0 Å². The Morgan fingerprint density at radius 2 is 1.71 bits per heavy atom. The molecule has 0 atom stereocenters. The molecule has 4 amide bonds. The van der Waals surface area contributed by atoms with E-state index in [2.05, 4.69) is 5.32 Å². The molecule has 3 aromatic rings. The van der Waals surface area contributed by atoms with E-state index in [9.17, 15) is 23.6 Å². The number of hydrogen-bond donors (Lipinski definition) is 2. The Morgan fingerprint density at radius 1 is 1.00 bits per heavy atom. The summed E-state index contributed by atoms with van der Waals surface area (Å²) >= 11 is 0. The van der Waals surface area contributed by atoms with Crippen molar-refractivity contribution in [1.29, 1.82) is 0 Å². The third-order valence-electron chi connectivity index (χ3n) is 4.96. The van der Waals surface area contributed by atoms with Crippen molar-refractivity contribution in [2.45, 2.75) is 6.61 Å². The predicted molar refractivity (Wildman–Crippen MR) is 120 cm³/mol. The van der Waals surface area contributed by atoms with E-state index < -0.39 is 23.8 Å². The zero-order valence-electron chi connectivity index (χ0n) is 17.5. The van der Waals surface area contributed by atoms with Crippen LogP contribution >= 0.6 is 0 Å². The number of nitrogens with one attached hydrogen (secondary N) is 1. The zero-order valence-corrected chi connectivity index (χ0v) is 17.5. The van der Waals surface area contributed by atoms with Gasteiger partial charge < -0.3 is 9.84 Å². The summed E-state index contributed by atoms with van der Waals surface area (Å²) in [5.74, 6) is -2.70. The van der Waals surface area contributed by atoms with E-state index in [0.717, 1.165) is 4.90 Å². The number of aromatic carboxylic acids is 1. The number of nitrogens with zero attached hydrogens (tertiary/aromatic N) is 1. The lowest BCUT2D eigenvalue weighted by molar-refractivity contribution is -0.122. The molecule has 8 nitrogen and oxygen atoms in total. The van der Waals surface area contributed by atoms with Crippen molar-refractivity contribution < 1.29 is 33.4 Å². The molecule has 1 saturated heterocycles. The molecule has 170 valence electrons. The minimum Gasteiger partial charge on any atom is -0.489 e. The Bertz CT molecular complexity index is 1320. The molecule has 9 heteroatoms. The second kappa shape index (κ2) is 9.37. The summed E-state index contributed by atoms with van der Waals surface area (Å²) in [6.07, 6.45) is 1.33. The first-order chi connectivity index (χ1) is 16.3. The molecule has 0 radical (unpaired) electrons. The number of carbonyl (C=O) groups excluding carboxylic acids is 3. The normalized spacial score (nSPS) is 14.8. The van der Waals surface area contributed by atoms with Crippen molar-refractivity contribution in [3.05, 3.63) is 101 Å². The highest BCUT2D eigenvalue weighted by molar-refractivity contribution is 6.39. The van der Waals surface area contributed by atoms with E-state index >= 15 is 0 Å². The van der Waals surface area contributed by atoms with Crippen LogP contribution in [-0.2, 0) is 16.2 Å². The topological polar surface area (TPSA) is 113 Å². The number of carboxylic acids is 1. The Labute approximate surface area is 192 Å². The van der Waals surface area contributed by atoms with Gasteiger partial charge in [-0.05, 0) is 65.7 Å². The van der Waals surface area contributed by atoms with Crippen LogP contribution in [-0.4, -0.2) is 28.9 Å². The maximum absolute atomic E-state index is 13.3. The first-order valence-electron chi connectivity index (χ1n) is 10.0. The van der Waals surface area contributed by atoms with Gasteiger partial charge in [0.25, 0.3) is 11.8 Å². The van der Waals surface area contributed by atoms with Crippen LogP contribution in [0.1, 0.15) is 21.5 Å². The number of amides is 4. The van der Waals surface area contributed by atoms with Crippen LogP contribution in [0.4, 0.5) is 14.9 Å². The number of urea groups is 1. The summed E-state index contributed by atoms with van der Waals surface area (Å²) < 4.78 is 18.9. The van der Waals surface area contributed by atoms with Gasteiger partial charge in [0.05, 0.1) is 11.3 Å². The van der Waals surface area contributed by atoms with Crippen LogP contribution in [0.25, 0.3) is 6.08 Å². The first-order valence-corrected chi connectivity index (χ1v) is 10.0. The summed E-state index contributed by atoms with van der Waals surface area (Å²) in [4.78, 5) is 49.3. The summed E-state index contributed by atoms with van der Waals surface area (Å²) in [6.45, 7) is 0.164. The second-order valence-corrected chi connectivity index (χ2v) is 7.30.